The van der Waals surface area contributed by atoms with Crippen molar-refractivity contribution in [3.63, 3.8) is 0 Å². The normalized spacial score (nSPS) is 17.1. The van der Waals surface area contributed by atoms with Crippen LogP contribution in [0.25, 0.3) is 0 Å². The summed E-state index contributed by atoms with van der Waals surface area (Å²) in [5, 5.41) is 12.2. The lowest BCUT2D eigenvalue weighted by molar-refractivity contribution is 0.0698. The molecule has 4 nitrogen and oxygen atoms in total. The summed E-state index contributed by atoms with van der Waals surface area (Å²) >= 11 is 0. The van der Waals surface area contributed by atoms with Gasteiger partial charge in [-0.2, -0.15) is 0 Å². The molecule has 0 atom stereocenters. The van der Waals surface area contributed by atoms with Crippen molar-refractivity contribution in [2.45, 2.75) is 25.3 Å². The quantitative estimate of drug-likeness (QED) is 0.660. The highest BCUT2D eigenvalue weighted by molar-refractivity contribution is 5.95. The van der Waals surface area contributed by atoms with Crippen LogP contribution in [-0.4, -0.2) is 16.6 Å². The van der Waals surface area contributed by atoms with E-state index >= 15 is 0 Å². The molecule has 0 heterocycles. The standard InChI is InChI=1S/C11H14N2O2/c1-11(4-5-11)13-9-6-7(12)2-3-8(9)10(14)15/h2-3,6,13H,4-5,12H2,1H3,(H,14,15). The largest absolute Gasteiger partial charge is 0.478 e. The number of hydrogen-bond donors (Lipinski definition) is 3. The van der Waals surface area contributed by atoms with E-state index < -0.39 is 5.97 Å². The van der Waals surface area contributed by atoms with Crippen molar-refractivity contribution < 1.29 is 9.90 Å². The maximum Gasteiger partial charge on any atom is 0.337 e. The van der Waals surface area contributed by atoms with Crippen molar-refractivity contribution in [1.29, 1.82) is 0 Å². The van der Waals surface area contributed by atoms with Crippen LogP contribution in [0.1, 0.15) is 30.1 Å². The van der Waals surface area contributed by atoms with Crippen LogP contribution in [0.15, 0.2) is 18.2 Å². The van der Waals surface area contributed by atoms with Crippen LogP contribution in [-0.2, 0) is 0 Å². The van der Waals surface area contributed by atoms with Gasteiger partial charge in [0.2, 0.25) is 0 Å². The van der Waals surface area contributed by atoms with Gasteiger partial charge in [-0.05, 0) is 38.0 Å². The Morgan fingerprint density at radius 1 is 1.53 bits per heavy atom. The topological polar surface area (TPSA) is 75.3 Å². The van der Waals surface area contributed by atoms with Gasteiger partial charge in [-0.25, -0.2) is 4.79 Å². The molecule has 2 rings (SSSR count). The third-order valence-electron chi connectivity index (χ3n) is 2.71. The number of carboxylic acid groups (broad SMARTS) is 1. The molecule has 0 bridgehead atoms. The van der Waals surface area contributed by atoms with Gasteiger partial charge in [0.15, 0.2) is 0 Å². The van der Waals surface area contributed by atoms with Crippen molar-refractivity contribution in [3.8, 4) is 0 Å². The maximum absolute atomic E-state index is 11.0. The van der Waals surface area contributed by atoms with E-state index in [1.165, 1.54) is 6.07 Å². The summed E-state index contributed by atoms with van der Waals surface area (Å²) in [6, 6.07) is 4.81. The Balaban J connectivity index is 2.34. The zero-order valence-corrected chi connectivity index (χ0v) is 8.58. The van der Waals surface area contributed by atoms with E-state index in [2.05, 4.69) is 12.2 Å². The number of hydrogen-bond acceptors (Lipinski definition) is 3. The number of aromatic carboxylic acids is 1. The van der Waals surface area contributed by atoms with Crippen LogP contribution < -0.4 is 11.1 Å². The van der Waals surface area contributed by atoms with Gasteiger partial charge in [-0.1, -0.05) is 0 Å². The SMILES string of the molecule is CC1(Nc2cc(N)ccc2C(=O)O)CC1. The lowest BCUT2D eigenvalue weighted by Gasteiger charge is -2.15. The van der Waals surface area contributed by atoms with Crippen LogP contribution in [0.4, 0.5) is 11.4 Å². The molecule has 80 valence electrons. The minimum atomic E-state index is -0.929. The predicted octanol–water partition coefficient (Wildman–Crippen LogP) is 1.93. The number of nitrogen functional groups attached to an aromatic ring is 1. The minimum Gasteiger partial charge on any atom is -0.478 e. The van der Waals surface area contributed by atoms with Crippen LogP contribution >= 0.6 is 0 Å². The molecule has 0 aromatic heterocycles. The number of anilines is 2. The number of carboxylic acids is 1. The third kappa shape index (κ3) is 2.03. The Morgan fingerprint density at radius 2 is 2.20 bits per heavy atom. The minimum absolute atomic E-state index is 0.0536. The molecule has 0 amide bonds. The second-order valence-electron chi connectivity index (χ2n) is 4.30. The van der Waals surface area contributed by atoms with Gasteiger partial charge in [0.25, 0.3) is 0 Å². The van der Waals surface area contributed by atoms with Crippen molar-refractivity contribution in [2.24, 2.45) is 0 Å². The van der Waals surface area contributed by atoms with Gasteiger partial charge in [0.05, 0.1) is 11.3 Å². The Kier molecular flexibility index (Phi) is 2.07. The Morgan fingerprint density at radius 3 is 2.73 bits per heavy atom. The van der Waals surface area contributed by atoms with E-state index in [9.17, 15) is 4.79 Å². The fourth-order valence-electron chi connectivity index (χ4n) is 1.49. The first-order chi connectivity index (χ1) is 7.00. The Bertz CT molecular complexity index is 411. The molecule has 0 aliphatic heterocycles. The summed E-state index contributed by atoms with van der Waals surface area (Å²) < 4.78 is 0. The number of carbonyl (C=O) groups is 1. The van der Waals surface area contributed by atoms with Crippen LogP contribution in [0.3, 0.4) is 0 Å². The lowest BCUT2D eigenvalue weighted by atomic mass is 10.1. The number of nitrogens with two attached hydrogens (primary N) is 1. The summed E-state index contributed by atoms with van der Waals surface area (Å²) in [5.74, 6) is -0.929. The highest BCUT2D eigenvalue weighted by Crippen LogP contribution is 2.39. The molecule has 1 aromatic carbocycles. The smallest absolute Gasteiger partial charge is 0.337 e. The highest BCUT2D eigenvalue weighted by atomic mass is 16.4. The molecule has 0 radical (unpaired) electrons. The molecular formula is C11H14N2O2. The van der Waals surface area contributed by atoms with Crippen molar-refractivity contribution in [3.05, 3.63) is 23.8 Å². The summed E-state index contributed by atoms with van der Waals surface area (Å²) in [6.07, 6.45) is 2.14. The highest BCUT2D eigenvalue weighted by Gasteiger charge is 2.37. The summed E-state index contributed by atoms with van der Waals surface area (Å²) in [6.45, 7) is 2.07. The molecule has 1 aliphatic rings. The van der Waals surface area contributed by atoms with Crippen molar-refractivity contribution in [1.82, 2.24) is 0 Å². The molecule has 0 unspecified atom stereocenters. The first-order valence-electron chi connectivity index (χ1n) is 4.91. The zero-order chi connectivity index (χ0) is 11.1. The van der Waals surface area contributed by atoms with Crippen LogP contribution in [0, 0.1) is 0 Å². The number of benzene rings is 1. The Hall–Kier alpha value is -1.71. The zero-order valence-electron chi connectivity index (χ0n) is 8.58. The van der Waals surface area contributed by atoms with Crippen LogP contribution in [0.2, 0.25) is 0 Å². The molecule has 15 heavy (non-hydrogen) atoms. The van der Waals surface area contributed by atoms with E-state index in [1.54, 1.807) is 12.1 Å². The Labute approximate surface area is 88.1 Å². The molecule has 0 saturated heterocycles. The van der Waals surface area contributed by atoms with Gasteiger partial charge >= 0.3 is 5.97 Å². The van der Waals surface area contributed by atoms with Crippen molar-refractivity contribution in [2.75, 3.05) is 11.1 Å². The first-order valence-corrected chi connectivity index (χ1v) is 4.91. The average molecular weight is 206 g/mol. The molecule has 1 aliphatic carbocycles. The first kappa shape index (κ1) is 9.83. The predicted molar refractivity (Wildman–Crippen MR) is 59.1 cm³/mol. The lowest BCUT2D eigenvalue weighted by Crippen LogP contribution is -2.18. The number of nitrogens with one attached hydrogen (secondary N) is 1. The van der Waals surface area contributed by atoms with Gasteiger partial charge in [0, 0.05) is 11.2 Å². The van der Waals surface area contributed by atoms with Gasteiger partial charge in [-0.15, -0.1) is 0 Å². The van der Waals surface area contributed by atoms with E-state index in [0.717, 1.165) is 12.8 Å². The molecule has 0 spiro atoms. The molecule has 1 aromatic rings. The molecular weight excluding hydrogens is 192 g/mol. The molecule has 4 heteroatoms. The fraction of sp³-hybridized carbons (Fsp3) is 0.364. The van der Waals surface area contributed by atoms with Crippen LogP contribution in [0.5, 0.6) is 0 Å². The van der Waals surface area contributed by atoms with E-state index in [1.807, 2.05) is 0 Å². The van der Waals surface area contributed by atoms with Gasteiger partial charge in [0.1, 0.15) is 0 Å². The second-order valence-corrected chi connectivity index (χ2v) is 4.30. The summed E-state index contributed by atoms with van der Waals surface area (Å²) in [5.41, 5.74) is 7.15. The van der Waals surface area contributed by atoms with E-state index in [-0.39, 0.29) is 11.1 Å². The summed E-state index contributed by atoms with van der Waals surface area (Å²) in [7, 11) is 0. The monoisotopic (exact) mass is 206 g/mol. The van der Waals surface area contributed by atoms with Crippen molar-refractivity contribution >= 4 is 17.3 Å². The maximum atomic E-state index is 11.0. The molecule has 1 fully saturated rings. The fourth-order valence-corrected chi connectivity index (χ4v) is 1.49. The van der Waals surface area contributed by atoms with E-state index in [4.69, 9.17) is 10.8 Å². The molecule has 4 N–H and O–H groups in total. The summed E-state index contributed by atoms with van der Waals surface area (Å²) in [4.78, 5) is 11.0. The second kappa shape index (κ2) is 3.15. The molecule has 1 saturated carbocycles. The van der Waals surface area contributed by atoms with Gasteiger partial charge < -0.3 is 16.2 Å². The average Bonchev–Trinajstić information content (AvgIpc) is 2.82. The third-order valence-corrected chi connectivity index (χ3v) is 2.71. The van der Waals surface area contributed by atoms with Gasteiger partial charge in [-0.3, -0.25) is 0 Å². The number of rotatable bonds is 3. The van der Waals surface area contributed by atoms with E-state index in [0.29, 0.717) is 11.4 Å².